The maximum absolute atomic E-state index is 10.5. The number of nitrogens with zero attached hydrogens (tertiary/aromatic N) is 1. The van der Waals surface area contributed by atoms with Crippen LogP contribution in [0.2, 0.25) is 0 Å². The van der Waals surface area contributed by atoms with Gasteiger partial charge in [0.15, 0.2) is 0 Å². The molecule has 0 amide bonds. The molecule has 2 atom stereocenters. The van der Waals surface area contributed by atoms with E-state index in [9.17, 15) is 4.79 Å². The minimum atomic E-state index is -0.637. The summed E-state index contributed by atoms with van der Waals surface area (Å²) in [6.45, 7) is 1.00. The van der Waals surface area contributed by atoms with E-state index in [-0.39, 0.29) is 22.5 Å². The topological polar surface area (TPSA) is 135 Å². The van der Waals surface area contributed by atoms with Crippen LogP contribution >= 0.6 is 0 Å². The Morgan fingerprint density at radius 3 is 2.00 bits per heavy atom. The predicted molar refractivity (Wildman–Crippen MR) is 46.6 cm³/mol. The third kappa shape index (κ3) is 2.16. The third-order valence-corrected chi connectivity index (χ3v) is 2.65. The third-order valence-electron chi connectivity index (χ3n) is 2.65. The van der Waals surface area contributed by atoms with Crippen molar-refractivity contribution in [2.75, 3.05) is 6.54 Å². The van der Waals surface area contributed by atoms with E-state index in [4.69, 9.17) is 5.11 Å². The molecule has 6 nitrogen and oxygen atoms in total. The number of carbonyl (C=O) groups is 1. The van der Waals surface area contributed by atoms with Gasteiger partial charge in [-0.1, -0.05) is 0 Å². The summed E-state index contributed by atoms with van der Waals surface area (Å²) in [6, 6.07) is 0.458. The zero-order chi connectivity index (χ0) is 7.14. The van der Waals surface area contributed by atoms with Crippen LogP contribution in [-0.4, -0.2) is 51.0 Å². The SMILES string of the molecule is O.O.O.O=C(O)C1CCC2CCN21. The number of rotatable bonds is 1. The minimum absolute atomic E-state index is 0. The lowest BCUT2D eigenvalue weighted by Crippen LogP contribution is -2.49. The molecular weight excluding hydrogens is 178 g/mol. The lowest BCUT2D eigenvalue weighted by Gasteiger charge is -2.37. The number of hydrogen-bond acceptors (Lipinski definition) is 2. The van der Waals surface area contributed by atoms with Gasteiger partial charge in [0.1, 0.15) is 6.04 Å². The van der Waals surface area contributed by atoms with Gasteiger partial charge in [0.2, 0.25) is 0 Å². The van der Waals surface area contributed by atoms with Crippen LogP contribution < -0.4 is 0 Å². The smallest absolute Gasteiger partial charge is 0.320 e. The van der Waals surface area contributed by atoms with Gasteiger partial charge >= 0.3 is 5.97 Å². The summed E-state index contributed by atoms with van der Waals surface area (Å²) in [6.07, 6.45) is 3.17. The first-order valence-corrected chi connectivity index (χ1v) is 3.77. The Morgan fingerprint density at radius 2 is 1.77 bits per heavy atom. The molecule has 0 spiro atoms. The summed E-state index contributed by atoms with van der Waals surface area (Å²) in [5.41, 5.74) is 0. The van der Waals surface area contributed by atoms with E-state index in [1.807, 2.05) is 0 Å². The maximum atomic E-state index is 10.5. The molecule has 0 bridgehead atoms. The van der Waals surface area contributed by atoms with Crippen molar-refractivity contribution in [3.8, 4) is 0 Å². The Labute approximate surface area is 76.1 Å². The zero-order valence-corrected chi connectivity index (χ0v) is 7.29. The van der Waals surface area contributed by atoms with Gasteiger partial charge in [-0.2, -0.15) is 0 Å². The van der Waals surface area contributed by atoms with Crippen LogP contribution in [0.4, 0.5) is 0 Å². The monoisotopic (exact) mass is 195 g/mol. The summed E-state index contributed by atoms with van der Waals surface area (Å²) in [5.74, 6) is -0.637. The minimum Gasteiger partial charge on any atom is -0.480 e. The number of aliphatic carboxylic acids is 1. The maximum Gasteiger partial charge on any atom is 0.320 e. The van der Waals surface area contributed by atoms with Crippen molar-refractivity contribution in [2.45, 2.75) is 31.3 Å². The number of carboxylic acid groups (broad SMARTS) is 1. The molecule has 2 aliphatic rings. The van der Waals surface area contributed by atoms with Gasteiger partial charge in [0.25, 0.3) is 0 Å². The molecule has 0 aromatic rings. The fourth-order valence-corrected chi connectivity index (χ4v) is 1.96. The molecule has 0 aromatic carbocycles. The highest BCUT2D eigenvalue weighted by Gasteiger charge is 2.42. The van der Waals surface area contributed by atoms with Crippen LogP contribution in [0.3, 0.4) is 0 Å². The normalized spacial score (nSPS) is 29.8. The van der Waals surface area contributed by atoms with E-state index < -0.39 is 5.97 Å². The first-order chi connectivity index (χ1) is 4.79. The van der Waals surface area contributed by atoms with Gasteiger partial charge < -0.3 is 21.5 Å². The van der Waals surface area contributed by atoms with Crippen LogP contribution in [0, 0.1) is 0 Å². The molecule has 7 N–H and O–H groups in total. The number of carboxylic acids is 1. The zero-order valence-electron chi connectivity index (χ0n) is 7.29. The molecule has 2 rings (SSSR count). The van der Waals surface area contributed by atoms with E-state index in [0.717, 1.165) is 19.4 Å². The van der Waals surface area contributed by atoms with Crippen molar-refractivity contribution in [2.24, 2.45) is 0 Å². The van der Waals surface area contributed by atoms with Crippen LogP contribution in [0.1, 0.15) is 19.3 Å². The van der Waals surface area contributed by atoms with Crippen molar-refractivity contribution in [3.63, 3.8) is 0 Å². The van der Waals surface area contributed by atoms with Crippen molar-refractivity contribution >= 4 is 5.97 Å². The largest absolute Gasteiger partial charge is 0.480 e. The molecule has 2 saturated heterocycles. The molecule has 2 heterocycles. The summed E-state index contributed by atoms with van der Waals surface area (Å²) < 4.78 is 0. The van der Waals surface area contributed by atoms with Crippen molar-refractivity contribution in [1.82, 2.24) is 4.90 Å². The molecule has 6 heteroatoms. The second kappa shape index (κ2) is 5.13. The van der Waals surface area contributed by atoms with Crippen molar-refractivity contribution in [1.29, 1.82) is 0 Å². The average molecular weight is 195 g/mol. The number of hydrogen-bond donors (Lipinski definition) is 1. The second-order valence-corrected chi connectivity index (χ2v) is 3.11. The Kier molecular flexibility index (Phi) is 5.84. The first kappa shape index (κ1) is 14.8. The highest BCUT2D eigenvalue weighted by Crippen LogP contribution is 2.33. The molecule has 2 fully saturated rings. The molecule has 2 aliphatic heterocycles. The highest BCUT2D eigenvalue weighted by molar-refractivity contribution is 5.74. The lowest BCUT2D eigenvalue weighted by molar-refractivity contribution is -0.144. The fourth-order valence-electron chi connectivity index (χ4n) is 1.96. The summed E-state index contributed by atoms with van der Waals surface area (Å²) in [7, 11) is 0. The van der Waals surface area contributed by atoms with Gasteiger partial charge in [-0.15, -0.1) is 0 Å². The first-order valence-electron chi connectivity index (χ1n) is 3.77. The van der Waals surface area contributed by atoms with Crippen LogP contribution in [0.5, 0.6) is 0 Å². The lowest BCUT2D eigenvalue weighted by atomic mass is 10.1. The average Bonchev–Trinajstić information content (AvgIpc) is 2.07. The standard InChI is InChI=1S/C7H11NO2.3H2O/c9-7(10)6-2-1-5-3-4-8(5)6;;;/h5-6H,1-4H2,(H,9,10);3*1H2. The van der Waals surface area contributed by atoms with Crippen molar-refractivity contribution in [3.05, 3.63) is 0 Å². The molecular formula is C7H17NO5. The van der Waals surface area contributed by atoms with E-state index in [1.165, 1.54) is 6.42 Å². The van der Waals surface area contributed by atoms with Crippen molar-refractivity contribution < 1.29 is 26.3 Å². The molecule has 0 saturated carbocycles. The molecule has 0 aliphatic carbocycles. The predicted octanol–water partition coefficient (Wildman–Crippen LogP) is -2.17. The summed E-state index contributed by atoms with van der Waals surface area (Å²) in [5, 5.41) is 8.69. The molecule has 13 heavy (non-hydrogen) atoms. The molecule has 0 radical (unpaired) electrons. The van der Waals surface area contributed by atoms with Crippen LogP contribution in [-0.2, 0) is 4.79 Å². The summed E-state index contributed by atoms with van der Waals surface area (Å²) in [4.78, 5) is 12.6. The van der Waals surface area contributed by atoms with E-state index in [2.05, 4.69) is 4.90 Å². The van der Waals surface area contributed by atoms with Gasteiger partial charge in [-0.25, -0.2) is 0 Å². The van der Waals surface area contributed by atoms with E-state index in [0.29, 0.717) is 6.04 Å². The van der Waals surface area contributed by atoms with Gasteiger partial charge in [0, 0.05) is 12.6 Å². The summed E-state index contributed by atoms with van der Waals surface area (Å²) >= 11 is 0. The highest BCUT2D eigenvalue weighted by atomic mass is 16.4. The second-order valence-electron chi connectivity index (χ2n) is 3.11. The van der Waals surface area contributed by atoms with Gasteiger partial charge in [-0.05, 0) is 19.3 Å². The van der Waals surface area contributed by atoms with E-state index in [1.54, 1.807) is 0 Å². The van der Waals surface area contributed by atoms with Gasteiger partial charge in [-0.3, -0.25) is 9.69 Å². The molecule has 80 valence electrons. The molecule has 0 aromatic heterocycles. The fraction of sp³-hybridized carbons (Fsp3) is 0.857. The Bertz CT molecular complexity index is 174. The van der Waals surface area contributed by atoms with Gasteiger partial charge in [0.05, 0.1) is 0 Å². The quantitative estimate of drug-likeness (QED) is 0.510. The Balaban J connectivity index is 0. The van der Waals surface area contributed by atoms with E-state index >= 15 is 0 Å². The van der Waals surface area contributed by atoms with Crippen LogP contribution in [0.25, 0.3) is 0 Å². The number of fused-ring (bicyclic) bond motifs is 1. The van der Waals surface area contributed by atoms with Crippen LogP contribution in [0.15, 0.2) is 0 Å². The Morgan fingerprint density at radius 1 is 1.15 bits per heavy atom. The Hall–Kier alpha value is -0.690. The molecule has 2 unspecified atom stereocenters.